The van der Waals surface area contributed by atoms with E-state index in [1.807, 2.05) is 0 Å². The minimum atomic E-state index is -1.02. The highest BCUT2D eigenvalue weighted by atomic mass is 19.1. The van der Waals surface area contributed by atoms with Gasteiger partial charge in [0.1, 0.15) is 12.2 Å². The Labute approximate surface area is 103 Å². The number of hydrogen-bond donors (Lipinski definition) is 2. The minimum Gasteiger partial charge on any atom is -0.491 e. The molecule has 0 aliphatic heterocycles. The van der Waals surface area contributed by atoms with Gasteiger partial charge in [-0.15, -0.1) is 0 Å². The maximum atomic E-state index is 13.2. The number of rotatable bonds is 5. The number of ketones is 1. The van der Waals surface area contributed by atoms with Gasteiger partial charge < -0.3 is 15.2 Å². The summed E-state index contributed by atoms with van der Waals surface area (Å²) in [5.74, 6) is -3.16. The van der Waals surface area contributed by atoms with E-state index in [0.29, 0.717) is 6.54 Å². The maximum Gasteiger partial charge on any atom is 0.313 e. The first kappa shape index (κ1) is 13.9. The number of aromatic hydroxyl groups is 1. The summed E-state index contributed by atoms with van der Waals surface area (Å²) in [4.78, 5) is 26.2. The molecule has 1 heterocycles. The van der Waals surface area contributed by atoms with E-state index < -0.39 is 29.9 Å². The first-order chi connectivity index (χ1) is 8.49. The fraction of sp³-hybridized carbons (Fsp3) is 0.364. The molecule has 0 radical (unpaired) electrons. The predicted molar refractivity (Wildman–Crippen MR) is 61.0 cm³/mol. The Morgan fingerprint density at radius 3 is 2.78 bits per heavy atom. The van der Waals surface area contributed by atoms with Gasteiger partial charge in [-0.05, 0) is 13.0 Å². The minimum absolute atomic E-state index is 0.0327. The highest BCUT2D eigenvalue weighted by Gasteiger charge is 2.19. The molecule has 1 aromatic heterocycles. The van der Waals surface area contributed by atoms with Crippen LogP contribution in [0.2, 0.25) is 0 Å². The maximum absolute atomic E-state index is 13.2. The molecular weight excluding hydrogens is 243 g/mol. The van der Waals surface area contributed by atoms with E-state index in [-0.39, 0.29) is 11.4 Å². The zero-order valence-corrected chi connectivity index (χ0v) is 9.99. The van der Waals surface area contributed by atoms with Gasteiger partial charge in [-0.3, -0.25) is 9.59 Å². The van der Waals surface area contributed by atoms with Crippen molar-refractivity contribution in [1.82, 2.24) is 4.98 Å². The number of Topliss-reactive ketones (excluding diaryl/α,β-unsaturated/α-hetero) is 1. The lowest BCUT2D eigenvalue weighted by molar-refractivity contribution is -0.139. The van der Waals surface area contributed by atoms with Crippen molar-refractivity contribution in [3.63, 3.8) is 0 Å². The standard InChI is InChI=1S/C11H13FN2O4/c1-3-13-10-6(4-7(12)11(17)14-10)8(15)5-9(16)18-2/h4H,3,5H2,1-2H3,(H2,13,14,17). The van der Waals surface area contributed by atoms with Gasteiger partial charge >= 0.3 is 5.97 Å². The molecule has 0 saturated carbocycles. The number of hydrogen-bond acceptors (Lipinski definition) is 6. The van der Waals surface area contributed by atoms with Crippen LogP contribution in [0, 0.1) is 5.82 Å². The Kier molecular flexibility index (Phi) is 4.59. The number of carbonyl (C=O) groups excluding carboxylic acids is 2. The van der Waals surface area contributed by atoms with Gasteiger partial charge in [-0.1, -0.05) is 0 Å². The van der Waals surface area contributed by atoms with Crippen LogP contribution in [0.15, 0.2) is 6.07 Å². The van der Waals surface area contributed by atoms with Gasteiger partial charge in [0.25, 0.3) is 0 Å². The topological polar surface area (TPSA) is 88.5 Å². The normalized spacial score (nSPS) is 9.94. The molecule has 7 heteroatoms. The number of carbonyl (C=O) groups is 2. The van der Waals surface area contributed by atoms with Crippen LogP contribution in [-0.4, -0.2) is 35.5 Å². The number of nitrogens with zero attached hydrogens (tertiary/aromatic N) is 1. The number of nitrogens with one attached hydrogen (secondary N) is 1. The summed E-state index contributed by atoms with van der Waals surface area (Å²) in [5.41, 5.74) is -0.0995. The zero-order valence-electron chi connectivity index (χ0n) is 9.99. The van der Waals surface area contributed by atoms with Gasteiger partial charge in [0, 0.05) is 6.54 Å². The van der Waals surface area contributed by atoms with Crippen LogP contribution >= 0.6 is 0 Å². The summed E-state index contributed by atoms with van der Waals surface area (Å²) in [6.45, 7) is 2.17. The third-order valence-electron chi connectivity index (χ3n) is 2.13. The first-order valence-electron chi connectivity index (χ1n) is 5.23. The highest BCUT2D eigenvalue weighted by Crippen LogP contribution is 2.22. The van der Waals surface area contributed by atoms with E-state index in [1.165, 1.54) is 0 Å². The summed E-state index contributed by atoms with van der Waals surface area (Å²) in [5, 5.41) is 11.8. The van der Waals surface area contributed by atoms with E-state index in [2.05, 4.69) is 15.0 Å². The molecule has 1 rings (SSSR count). The van der Waals surface area contributed by atoms with Crippen LogP contribution in [0.4, 0.5) is 10.2 Å². The molecule has 0 saturated heterocycles. The molecule has 0 bridgehead atoms. The summed E-state index contributed by atoms with van der Waals surface area (Å²) >= 11 is 0. The van der Waals surface area contributed by atoms with Gasteiger partial charge in [-0.25, -0.2) is 4.39 Å². The van der Waals surface area contributed by atoms with Crippen molar-refractivity contribution in [2.24, 2.45) is 0 Å². The molecule has 98 valence electrons. The van der Waals surface area contributed by atoms with E-state index >= 15 is 0 Å². The molecule has 0 aliphatic rings. The fourth-order valence-electron chi connectivity index (χ4n) is 1.29. The number of anilines is 1. The lowest BCUT2D eigenvalue weighted by Crippen LogP contribution is -2.13. The largest absolute Gasteiger partial charge is 0.491 e. The van der Waals surface area contributed by atoms with Crippen molar-refractivity contribution >= 4 is 17.6 Å². The van der Waals surface area contributed by atoms with Gasteiger partial charge in [0.2, 0.25) is 5.88 Å². The first-order valence-corrected chi connectivity index (χ1v) is 5.23. The average Bonchev–Trinajstić information content (AvgIpc) is 2.33. The lowest BCUT2D eigenvalue weighted by Gasteiger charge is -2.09. The van der Waals surface area contributed by atoms with E-state index in [9.17, 15) is 14.0 Å². The quantitative estimate of drug-likeness (QED) is 0.466. The summed E-state index contributed by atoms with van der Waals surface area (Å²) in [6.07, 6.45) is -0.513. The average molecular weight is 256 g/mol. The molecule has 0 atom stereocenters. The van der Waals surface area contributed by atoms with Crippen molar-refractivity contribution in [3.8, 4) is 5.88 Å². The van der Waals surface area contributed by atoms with Crippen LogP contribution in [0.25, 0.3) is 0 Å². The van der Waals surface area contributed by atoms with E-state index in [4.69, 9.17) is 5.11 Å². The number of aromatic nitrogens is 1. The van der Waals surface area contributed by atoms with Crippen LogP contribution in [0.3, 0.4) is 0 Å². The smallest absolute Gasteiger partial charge is 0.313 e. The second-order valence-electron chi connectivity index (χ2n) is 3.40. The van der Waals surface area contributed by atoms with Gasteiger partial charge in [0.05, 0.1) is 12.7 Å². The van der Waals surface area contributed by atoms with Crippen LogP contribution < -0.4 is 5.32 Å². The molecule has 0 amide bonds. The molecule has 1 aromatic rings. The van der Waals surface area contributed by atoms with Crippen LogP contribution in [-0.2, 0) is 9.53 Å². The third kappa shape index (κ3) is 3.16. The Hall–Kier alpha value is -2.18. The molecule has 0 spiro atoms. The molecule has 0 aliphatic carbocycles. The molecule has 18 heavy (non-hydrogen) atoms. The number of halogens is 1. The number of ether oxygens (including phenoxy) is 1. The van der Waals surface area contributed by atoms with Gasteiger partial charge in [-0.2, -0.15) is 4.98 Å². The van der Waals surface area contributed by atoms with Crippen molar-refractivity contribution in [2.75, 3.05) is 19.0 Å². The Bertz CT molecular complexity index is 476. The fourth-order valence-corrected chi connectivity index (χ4v) is 1.29. The highest BCUT2D eigenvalue weighted by molar-refractivity contribution is 6.08. The van der Waals surface area contributed by atoms with Crippen molar-refractivity contribution in [2.45, 2.75) is 13.3 Å². The molecule has 2 N–H and O–H groups in total. The van der Waals surface area contributed by atoms with Crippen molar-refractivity contribution < 1.29 is 23.8 Å². The summed E-state index contributed by atoms with van der Waals surface area (Å²) in [6, 6.07) is 0.839. The van der Waals surface area contributed by atoms with Crippen molar-refractivity contribution in [1.29, 1.82) is 0 Å². The SMILES string of the molecule is CCNc1nc(O)c(F)cc1C(=O)CC(=O)OC. The number of pyridine rings is 1. The Morgan fingerprint density at radius 2 is 2.22 bits per heavy atom. The monoisotopic (exact) mass is 256 g/mol. The molecule has 0 unspecified atom stereocenters. The summed E-state index contributed by atoms with van der Waals surface area (Å²) < 4.78 is 17.5. The molecular formula is C11H13FN2O4. The number of esters is 1. The molecule has 0 aromatic carbocycles. The second kappa shape index (κ2) is 5.95. The molecule has 6 nitrogen and oxygen atoms in total. The summed E-state index contributed by atoms with van der Waals surface area (Å²) in [7, 11) is 1.15. The Morgan fingerprint density at radius 1 is 1.56 bits per heavy atom. The van der Waals surface area contributed by atoms with Crippen LogP contribution in [0.5, 0.6) is 5.88 Å². The van der Waals surface area contributed by atoms with E-state index in [0.717, 1.165) is 13.2 Å². The van der Waals surface area contributed by atoms with Crippen molar-refractivity contribution in [3.05, 3.63) is 17.4 Å². The zero-order chi connectivity index (χ0) is 13.7. The Balaban J connectivity index is 3.09. The van der Waals surface area contributed by atoms with E-state index in [1.54, 1.807) is 6.92 Å². The third-order valence-corrected chi connectivity index (χ3v) is 2.13. The number of methoxy groups -OCH3 is 1. The predicted octanol–water partition coefficient (Wildman–Crippen LogP) is 1.10. The van der Waals surface area contributed by atoms with Gasteiger partial charge in [0.15, 0.2) is 11.6 Å². The second-order valence-corrected chi connectivity index (χ2v) is 3.40. The van der Waals surface area contributed by atoms with Crippen LogP contribution in [0.1, 0.15) is 23.7 Å². The molecule has 0 fully saturated rings. The lowest BCUT2D eigenvalue weighted by atomic mass is 10.1.